The molecule has 1 saturated carbocycles. The maximum absolute atomic E-state index is 14.7. The number of rotatable bonds is 12. The van der Waals surface area contributed by atoms with Gasteiger partial charge in [0.05, 0.1) is 10.6 Å². The first kappa shape index (κ1) is 33.9. The van der Waals surface area contributed by atoms with Crippen LogP contribution in [-0.4, -0.2) is 43.8 Å². The first-order chi connectivity index (χ1) is 22.6. The molecule has 0 saturated heterocycles. The van der Waals surface area contributed by atoms with Gasteiger partial charge in [0.15, 0.2) is 0 Å². The van der Waals surface area contributed by atoms with Gasteiger partial charge in [-0.3, -0.25) is 13.9 Å². The lowest BCUT2D eigenvalue weighted by molar-refractivity contribution is -0.140. The highest BCUT2D eigenvalue weighted by Gasteiger charge is 2.35. The SMILES string of the molecule is Cc1ccc(CN(C(=O)CN(c2ccccc2C)S(=O)(=O)c2ccc(C)cc2)[C@@H](Cc2ccccc2)C(=O)NC2CCCCC2)cc1. The van der Waals surface area contributed by atoms with Gasteiger partial charge in [-0.25, -0.2) is 8.42 Å². The van der Waals surface area contributed by atoms with E-state index in [1.165, 1.54) is 4.31 Å². The van der Waals surface area contributed by atoms with Crippen LogP contribution in [-0.2, 0) is 32.6 Å². The number of nitrogens with zero attached hydrogens (tertiary/aromatic N) is 2. The van der Waals surface area contributed by atoms with Gasteiger partial charge in [-0.1, -0.05) is 115 Å². The average molecular weight is 652 g/mol. The fourth-order valence-corrected chi connectivity index (χ4v) is 7.66. The van der Waals surface area contributed by atoms with E-state index in [1.807, 2.05) is 87.5 Å². The minimum Gasteiger partial charge on any atom is -0.352 e. The van der Waals surface area contributed by atoms with Crippen molar-refractivity contribution < 1.29 is 18.0 Å². The van der Waals surface area contributed by atoms with Gasteiger partial charge in [-0.15, -0.1) is 0 Å². The van der Waals surface area contributed by atoms with Crippen LogP contribution in [0.5, 0.6) is 0 Å². The number of amides is 2. The predicted molar refractivity (Wildman–Crippen MR) is 188 cm³/mol. The van der Waals surface area contributed by atoms with Gasteiger partial charge in [-0.05, 0) is 68.5 Å². The monoisotopic (exact) mass is 651 g/mol. The predicted octanol–water partition coefficient (Wildman–Crippen LogP) is 6.90. The summed E-state index contributed by atoms with van der Waals surface area (Å²) >= 11 is 0. The molecule has 1 aliphatic rings. The van der Waals surface area contributed by atoms with E-state index in [1.54, 1.807) is 41.3 Å². The fraction of sp³-hybridized carbons (Fsp3) is 0.333. The Morgan fingerprint density at radius 3 is 1.98 bits per heavy atom. The summed E-state index contributed by atoms with van der Waals surface area (Å²) < 4.78 is 29.8. The second kappa shape index (κ2) is 15.4. The quantitative estimate of drug-likeness (QED) is 0.181. The molecule has 246 valence electrons. The van der Waals surface area contributed by atoms with Gasteiger partial charge >= 0.3 is 0 Å². The molecule has 0 unspecified atom stereocenters. The third kappa shape index (κ3) is 8.69. The summed E-state index contributed by atoms with van der Waals surface area (Å²) in [6.07, 6.45) is 5.39. The molecule has 1 aliphatic carbocycles. The fourth-order valence-electron chi connectivity index (χ4n) is 6.18. The third-order valence-corrected chi connectivity index (χ3v) is 10.7. The van der Waals surface area contributed by atoms with Gasteiger partial charge in [0.25, 0.3) is 10.0 Å². The molecule has 0 aliphatic heterocycles. The molecule has 0 bridgehead atoms. The molecule has 0 radical (unpaired) electrons. The van der Waals surface area contributed by atoms with Crippen molar-refractivity contribution in [2.24, 2.45) is 0 Å². The lowest BCUT2D eigenvalue weighted by atomic mass is 9.94. The molecule has 0 spiro atoms. The van der Waals surface area contributed by atoms with Crippen LogP contribution < -0.4 is 9.62 Å². The maximum atomic E-state index is 14.7. The van der Waals surface area contributed by atoms with E-state index >= 15 is 0 Å². The Balaban J connectivity index is 1.56. The van der Waals surface area contributed by atoms with Crippen molar-refractivity contribution in [1.29, 1.82) is 0 Å². The van der Waals surface area contributed by atoms with Crippen molar-refractivity contribution in [2.45, 2.75) is 82.8 Å². The number of nitrogens with one attached hydrogen (secondary N) is 1. The molecule has 47 heavy (non-hydrogen) atoms. The number of carbonyl (C=O) groups is 2. The third-order valence-electron chi connectivity index (χ3n) is 8.97. The standard InChI is InChI=1S/C39H45N3O4S/c1-29-18-22-33(23-19-29)27-41(37(26-32-13-6-4-7-14-32)39(44)40-34-15-8-5-9-16-34)38(43)28-42(36-17-11-10-12-31(36)3)47(45,46)35-24-20-30(2)21-25-35/h4,6-7,10-14,17-25,34,37H,5,8-9,15-16,26-28H2,1-3H3,(H,40,44)/t37-/m0/s1. The molecule has 4 aromatic rings. The van der Waals surface area contributed by atoms with Gasteiger partial charge in [0, 0.05) is 19.0 Å². The van der Waals surface area contributed by atoms with Gasteiger partial charge < -0.3 is 10.2 Å². The number of aryl methyl sites for hydroxylation is 3. The molecule has 4 aromatic carbocycles. The number of carbonyl (C=O) groups excluding carboxylic acids is 2. The van der Waals surface area contributed by atoms with Crippen LogP contribution in [0, 0.1) is 20.8 Å². The molecular weight excluding hydrogens is 607 g/mol. The van der Waals surface area contributed by atoms with E-state index in [0.717, 1.165) is 59.9 Å². The Hall–Kier alpha value is -4.43. The number of benzene rings is 4. The zero-order chi connectivity index (χ0) is 33.4. The second-order valence-corrected chi connectivity index (χ2v) is 14.5. The van der Waals surface area contributed by atoms with Crippen molar-refractivity contribution in [3.8, 4) is 0 Å². The smallest absolute Gasteiger partial charge is 0.264 e. The van der Waals surface area contributed by atoms with Crippen LogP contribution in [0.2, 0.25) is 0 Å². The summed E-state index contributed by atoms with van der Waals surface area (Å²) in [5, 5.41) is 3.26. The number of hydrogen-bond donors (Lipinski definition) is 1. The Kier molecular flexibility index (Phi) is 11.1. The van der Waals surface area contributed by atoms with E-state index < -0.39 is 28.5 Å². The molecule has 2 amide bonds. The molecule has 0 aromatic heterocycles. The Labute approximate surface area is 279 Å². The van der Waals surface area contributed by atoms with Gasteiger partial charge in [-0.2, -0.15) is 0 Å². The zero-order valence-corrected chi connectivity index (χ0v) is 28.4. The van der Waals surface area contributed by atoms with E-state index in [4.69, 9.17) is 0 Å². The molecule has 0 heterocycles. The molecule has 1 fully saturated rings. The Morgan fingerprint density at radius 1 is 0.745 bits per heavy atom. The average Bonchev–Trinajstić information content (AvgIpc) is 3.07. The van der Waals surface area contributed by atoms with Gasteiger partial charge in [0.1, 0.15) is 12.6 Å². The van der Waals surface area contributed by atoms with Crippen LogP contribution >= 0.6 is 0 Å². The van der Waals surface area contributed by atoms with E-state index in [0.29, 0.717) is 12.1 Å². The summed E-state index contributed by atoms with van der Waals surface area (Å²) in [4.78, 5) is 30.6. The molecule has 8 heteroatoms. The lowest BCUT2D eigenvalue weighted by Crippen LogP contribution is -2.55. The largest absolute Gasteiger partial charge is 0.352 e. The summed E-state index contributed by atoms with van der Waals surface area (Å²) in [6, 6.07) is 30.5. The minimum atomic E-state index is -4.14. The lowest BCUT2D eigenvalue weighted by Gasteiger charge is -2.35. The van der Waals surface area contributed by atoms with Crippen LogP contribution in [0.15, 0.2) is 108 Å². The molecule has 1 atom stereocenters. The van der Waals surface area contributed by atoms with Gasteiger partial charge in [0.2, 0.25) is 11.8 Å². The molecule has 7 nitrogen and oxygen atoms in total. The van der Waals surface area contributed by atoms with Crippen molar-refractivity contribution in [3.63, 3.8) is 0 Å². The maximum Gasteiger partial charge on any atom is 0.264 e. The summed E-state index contributed by atoms with van der Waals surface area (Å²) in [6.45, 7) is 5.42. The normalized spacial score (nSPS) is 14.3. The van der Waals surface area contributed by atoms with E-state index in [9.17, 15) is 18.0 Å². The first-order valence-corrected chi connectivity index (χ1v) is 17.9. The first-order valence-electron chi connectivity index (χ1n) is 16.5. The highest BCUT2D eigenvalue weighted by atomic mass is 32.2. The second-order valence-electron chi connectivity index (χ2n) is 12.7. The topological polar surface area (TPSA) is 86.8 Å². The number of anilines is 1. The minimum absolute atomic E-state index is 0.0521. The zero-order valence-electron chi connectivity index (χ0n) is 27.6. The molecule has 5 rings (SSSR count). The summed E-state index contributed by atoms with van der Waals surface area (Å²) in [5.74, 6) is -0.672. The Morgan fingerprint density at radius 2 is 1.34 bits per heavy atom. The Bertz CT molecular complexity index is 1750. The summed E-state index contributed by atoms with van der Waals surface area (Å²) in [5.41, 5.74) is 4.93. The van der Waals surface area contributed by atoms with Crippen LogP contribution in [0.25, 0.3) is 0 Å². The molecular formula is C39H45N3O4S. The molecule has 1 N–H and O–H groups in total. The van der Waals surface area contributed by atoms with Crippen molar-refractivity contribution in [2.75, 3.05) is 10.8 Å². The van der Waals surface area contributed by atoms with E-state index in [-0.39, 0.29) is 23.4 Å². The number of para-hydroxylation sites is 1. The highest BCUT2D eigenvalue weighted by molar-refractivity contribution is 7.92. The van der Waals surface area contributed by atoms with Crippen LogP contribution in [0.1, 0.15) is 59.9 Å². The van der Waals surface area contributed by atoms with Crippen LogP contribution in [0.3, 0.4) is 0 Å². The van der Waals surface area contributed by atoms with Crippen molar-refractivity contribution in [1.82, 2.24) is 10.2 Å². The van der Waals surface area contributed by atoms with Crippen molar-refractivity contribution in [3.05, 3.63) is 131 Å². The van der Waals surface area contributed by atoms with Crippen molar-refractivity contribution >= 4 is 27.5 Å². The highest BCUT2D eigenvalue weighted by Crippen LogP contribution is 2.28. The number of sulfonamides is 1. The summed E-state index contributed by atoms with van der Waals surface area (Å²) in [7, 11) is -4.14. The van der Waals surface area contributed by atoms with E-state index in [2.05, 4.69) is 5.32 Å². The number of hydrogen-bond acceptors (Lipinski definition) is 4. The van der Waals surface area contributed by atoms with Crippen LogP contribution in [0.4, 0.5) is 5.69 Å².